The summed E-state index contributed by atoms with van der Waals surface area (Å²) in [7, 11) is 0. The van der Waals surface area contributed by atoms with Crippen molar-refractivity contribution in [1.29, 1.82) is 0 Å². The van der Waals surface area contributed by atoms with Crippen molar-refractivity contribution < 1.29 is 35.1 Å². The van der Waals surface area contributed by atoms with Crippen LogP contribution in [-0.2, 0) is 4.79 Å². The molecule has 0 saturated heterocycles. The van der Waals surface area contributed by atoms with Crippen molar-refractivity contribution in [2.24, 2.45) is 5.10 Å². The van der Waals surface area contributed by atoms with Gasteiger partial charge in [0.05, 0.1) is 6.21 Å². The van der Waals surface area contributed by atoms with Crippen LogP contribution in [0.5, 0.6) is 0 Å². The quantitative estimate of drug-likeness (QED) is 0.233. The molecule has 0 spiro atoms. The molecule has 120 valence electrons. The van der Waals surface area contributed by atoms with E-state index in [1.54, 1.807) is 0 Å². The lowest BCUT2D eigenvalue weighted by Crippen LogP contribution is -2.48. The molecule has 4 atom stereocenters. The van der Waals surface area contributed by atoms with Crippen molar-refractivity contribution in [2.45, 2.75) is 24.4 Å². The van der Waals surface area contributed by atoms with Gasteiger partial charge in [-0.15, -0.1) is 0 Å². The minimum Gasteiger partial charge on any atom is -0.479 e. The van der Waals surface area contributed by atoms with Crippen molar-refractivity contribution in [3.05, 3.63) is 30.1 Å². The Hall–Kier alpha value is -2.40. The van der Waals surface area contributed by atoms with Crippen LogP contribution in [0.3, 0.4) is 0 Å². The summed E-state index contributed by atoms with van der Waals surface area (Å²) in [5.74, 6) is -2.37. The van der Waals surface area contributed by atoms with Gasteiger partial charge in [-0.2, -0.15) is 5.10 Å². The molecule has 6 N–H and O–H groups in total. The molecule has 22 heavy (non-hydrogen) atoms. The van der Waals surface area contributed by atoms with E-state index in [1.165, 1.54) is 24.5 Å². The van der Waals surface area contributed by atoms with Crippen LogP contribution in [0.25, 0.3) is 0 Å². The Morgan fingerprint density at radius 1 is 1.14 bits per heavy atom. The zero-order valence-corrected chi connectivity index (χ0v) is 11.1. The number of carbonyl (C=O) groups excluding carboxylic acids is 1. The normalized spacial score (nSPS) is 16.7. The zero-order valence-electron chi connectivity index (χ0n) is 11.1. The fourth-order valence-electron chi connectivity index (χ4n) is 1.36. The molecule has 1 aromatic heterocycles. The fraction of sp³-hybridized carbons (Fsp3) is 0.333. The van der Waals surface area contributed by atoms with E-state index in [2.05, 4.69) is 10.1 Å². The third-order valence-corrected chi connectivity index (χ3v) is 2.61. The largest absolute Gasteiger partial charge is 0.479 e. The summed E-state index contributed by atoms with van der Waals surface area (Å²) in [4.78, 5) is 25.7. The maximum atomic E-state index is 11.6. The Morgan fingerprint density at radius 2 is 1.73 bits per heavy atom. The number of aliphatic hydroxyl groups is 4. The predicted molar refractivity (Wildman–Crippen MR) is 71.9 cm³/mol. The first-order chi connectivity index (χ1) is 10.3. The SMILES string of the molecule is O=C(N/N=C\[C@H](O)[C@H](O)[C@@H](O)[C@H](O)C(=O)O)c1ccncc1. The van der Waals surface area contributed by atoms with Gasteiger partial charge in [0, 0.05) is 18.0 Å². The molecular formula is C12H15N3O7. The number of aromatic nitrogens is 1. The highest BCUT2D eigenvalue weighted by molar-refractivity contribution is 5.94. The number of hydrazone groups is 1. The van der Waals surface area contributed by atoms with Crippen LogP contribution in [0.15, 0.2) is 29.6 Å². The van der Waals surface area contributed by atoms with Gasteiger partial charge in [-0.1, -0.05) is 0 Å². The number of aliphatic carboxylic acids is 1. The van der Waals surface area contributed by atoms with Crippen LogP contribution in [0.2, 0.25) is 0 Å². The van der Waals surface area contributed by atoms with Gasteiger partial charge in [0.2, 0.25) is 0 Å². The maximum Gasteiger partial charge on any atom is 0.335 e. The smallest absolute Gasteiger partial charge is 0.335 e. The first-order valence-corrected chi connectivity index (χ1v) is 6.03. The number of amides is 1. The van der Waals surface area contributed by atoms with Crippen molar-refractivity contribution in [3.63, 3.8) is 0 Å². The van der Waals surface area contributed by atoms with E-state index < -0.39 is 36.3 Å². The lowest BCUT2D eigenvalue weighted by molar-refractivity contribution is -0.160. The first kappa shape index (κ1) is 17.7. The third-order valence-electron chi connectivity index (χ3n) is 2.61. The van der Waals surface area contributed by atoms with Crippen LogP contribution in [-0.4, -0.2) is 73.0 Å². The van der Waals surface area contributed by atoms with Gasteiger partial charge in [-0.25, -0.2) is 10.2 Å². The molecule has 10 nitrogen and oxygen atoms in total. The number of hydrogen-bond acceptors (Lipinski definition) is 8. The number of rotatable bonds is 7. The summed E-state index contributed by atoms with van der Waals surface area (Å²) in [5, 5.41) is 49.1. The Labute approximate surface area is 124 Å². The Balaban J connectivity index is 2.55. The summed E-state index contributed by atoms with van der Waals surface area (Å²) in [6.45, 7) is 0. The van der Waals surface area contributed by atoms with Gasteiger partial charge >= 0.3 is 5.97 Å². The number of carboxylic acid groups (broad SMARTS) is 1. The van der Waals surface area contributed by atoms with E-state index in [0.29, 0.717) is 6.21 Å². The molecule has 1 amide bonds. The number of carbonyl (C=O) groups is 2. The van der Waals surface area contributed by atoms with Gasteiger partial charge in [0.1, 0.15) is 18.3 Å². The number of pyridine rings is 1. The molecule has 0 aromatic carbocycles. The summed E-state index contributed by atoms with van der Waals surface area (Å²) in [5.41, 5.74) is 2.30. The highest BCUT2D eigenvalue weighted by Gasteiger charge is 2.33. The lowest BCUT2D eigenvalue weighted by atomic mass is 10.0. The zero-order chi connectivity index (χ0) is 16.7. The van der Waals surface area contributed by atoms with Crippen molar-refractivity contribution in [2.75, 3.05) is 0 Å². The second kappa shape index (κ2) is 8.14. The molecular weight excluding hydrogens is 298 g/mol. The van der Waals surface area contributed by atoms with E-state index in [-0.39, 0.29) is 5.56 Å². The average molecular weight is 313 g/mol. The number of nitrogens with one attached hydrogen (secondary N) is 1. The molecule has 0 aliphatic rings. The van der Waals surface area contributed by atoms with Crippen LogP contribution in [0.1, 0.15) is 10.4 Å². The molecule has 0 bridgehead atoms. The Morgan fingerprint density at radius 3 is 2.27 bits per heavy atom. The Kier molecular flexibility index (Phi) is 6.53. The molecule has 1 rings (SSSR count). The van der Waals surface area contributed by atoms with Gasteiger partial charge in [-0.3, -0.25) is 9.78 Å². The van der Waals surface area contributed by atoms with Crippen LogP contribution in [0, 0.1) is 0 Å². The number of nitrogens with zero attached hydrogens (tertiary/aromatic N) is 2. The van der Waals surface area contributed by atoms with Crippen molar-refractivity contribution in [3.8, 4) is 0 Å². The van der Waals surface area contributed by atoms with E-state index >= 15 is 0 Å². The van der Waals surface area contributed by atoms with Gasteiger partial charge < -0.3 is 25.5 Å². The minimum absolute atomic E-state index is 0.253. The van der Waals surface area contributed by atoms with Crippen molar-refractivity contribution in [1.82, 2.24) is 10.4 Å². The average Bonchev–Trinajstić information content (AvgIpc) is 2.53. The molecule has 1 aromatic rings. The van der Waals surface area contributed by atoms with Gasteiger partial charge in [0.25, 0.3) is 5.91 Å². The molecule has 0 aliphatic carbocycles. The topological polar surface area (TPSA) is 173 Å². The summed E-state index contributed by atoms with van der Waals surface area (Å²) in [6.07, 6.45) is -4.75. The second-order valence-corrected chi connectivity index (χ2v) is 4.21. The molecule has 0 unspecified atom stereocenters. The third kappa shape index (κ3) is 4.86. The van der Waals surface area contributed by atoms with Crippen LogP contribution >= 0.6 is 0 Å². The van der Waals surface area contributed by atoms with E-state index in [9.17, 15) is 24.9 Å². The van der Waals surface area contributed by atoms with Gasteiger partial charge in [0.15, 0.2) is 6.10 Å². The molecule has 0 saturated carbocycles. The Bertz CT molecular complexity index is 537. The lowest BCUT2D eigenvalue weighted by Gasteiger charge is -2.22. The summed E-state index contributed by atoms with van der Waals surface area (Å²) >= 11 is 0. The van der Waals surface area contributed by atoms with Gasteiger partial charge in [-0.05, 0) is 12.1 Å². The maximum absolute atomic E-state index is 11.6. The molecule has 0 radical (unpaired) electrons. The standard InChI is InChI=1S/C12H15N3O7/c16-7(8(17)9(18)10(19)12(21)22)5-14-15-11(20)6-1-3-13-4-2-6/h1-5,7-10,16-19H,(H,15,20)(H,21,22)/b14-5-/t7-,8-,9+,10-/m0/s1. The fourth-order valence-corrected chi connectivity index (χ4v) is 1.36. The molecule has 0 aliphatic heterocycles. The summed E-state index contributed by atoms with van der Waals surface area (Å²) in [6, 6.07) is 2.84. The highest BCUT2D eigenvalue weighted by Crippen LogP contribution is 2.04. The number of aliphatic hydroxyl groups excluding tert-OH is 4. The highest BCUT2D eigenvalue weighted by atomic mass is 16.4. The van der Waals surface area contributed by atoms with E-state index in [1.807, 2.05) is 5.43 Å². The van der Waals surface area contributed by atoms with E-state index in [0.717, 1.165) is 0 Å². The van der Waals surface area contributed by atoms with Crippen LogP contribution < -0.4 is 5.43 Å². The molecule has 1 heterocycles. The number of hydrogen-bond donors (Lipinski definition) is 6. The first-order valence-electron chi connectivity index (χ1n) is 6.03. The van der Waals surface area contributed by atoms with Crippen LogP contribution in [0.4, 0.5) is 0 Å². The molecule has 10 heteroatoms. The molecule has 0 fully saturated rings. The number of carboxylic acids is 1. The predicted octanol–water partition coefficient (Wildman–Crippen LogP) is -2.67. The van der Waals surface area contributed by atoms with Crippen molar-refractivity contribution >= 4 is 18.1 Å². The van der Waals surface area contributed by atoms with E-state index in [4.69, 9.17) is 10.2 Å². The summed E-state index contributed by atoms with van der Waals surface area (Å²) < 4.78 is 0. The second-order valence-electron chi connectivity index (χ2n) is 4.21. The minimum atomic E-state index is -2.27. The monoisotopic (exact) mass is 313 g/mol.